The molecule has 1 rings (SSSR count). The third-order valence-corrected chi connectivity index (χ3v) is 3.47. The molecule has 10 nitrogen and oxygen atoms in total. The molecule has 0 spiro atoms. The average Bonchev–Trinajstić information content (AvgIpc) is 2.53. The van der Waals surface area contributed by atoms with Gasteiger partial charge in [0.05, 0.1) is 39.5 Å². The van der Waals surface area contributed by atoms with Crippen molar-refractivity contribution in [1.82, 2.24) is 10.6 Å². The van der Waals surface area contributed by atoms with E-state index in [1.807, 2.05) is 10.6 Å². The van der Waals surface area contributed by atoms with Crippen LogP contribution in [-0.2, 0) is 28.6 Å². The minimum absolute atomic E-state index is 0.0409. The number of barbiturate groups is 1. The van der Waals surface area contributed by atoms with Crippen molar-refractivity contribution in [2.75, 3.05) is 39.6 Å². The number of carbonyl (C=O) groups excluding carboxylic acids is 4. The maximum Gasteiger partial charge on any atom is 0.328 e. The van der Waals surface area contributed by atoms with Crippen molar-refractivity contribution in [3.8, 4) is 0 Å². The number of carbonyl (C=O) groups is 4. The Kier molecular flexibility index (Phi) is 8.30. The van der Waals surface area contributed by atoms with E-state index in [1.54, 1.807) is 6.92 Å². The summed E-state index contributed by atoms with van der Waals surface area (Å²) in [6.45, 7) is 2.40. The first-order valence-corrected chi connectivity index (χ1v) is 7.55. The predicted molar refractivity (Wildman–Crippen MR) is 78.7 cm³/mol. The van der Waals surface area contributed by atoms with Crippen LogP contribution in [0.1, 0.15) is 19.8 Å². The molecule has 0 aromatic heterocycles. The van der Waals surface area contributed by atoms with Gasteiger partial charge in [0, 0.05) is 0 Å². The Balaban J connectivity index is 2.33. The smallest absolute Gasteiger partial charge is 0.328 e. The Morgan fingerprint density at radius 1 is 1.00 bits per heavy atom. The molecule has 1 aliphatic heterocycles. The van der Waals surface area contributed by atoms with Gasteiger partial charge in [-0.15, -0.1) is 0 Å². The van der Waals surface area contributed by atoms with Crippen LogP contribution in [0.5, 0.6) is 0 Å². The summed E-state index contributed by atoms with van der Waals surface area (Å²) >= 11 is 0. The number of aliphatic hydroxyl groups is 1. The summed E-state index contributed by atoms with van der Waals surface area (Å²) in [5.41, 5.74) is -1.65. The van der Waals surface area contributed by atoms with Crippen LogP contribution < -0.4 is 10.6 Å². The maximum absolute atomic E-state index is 11.9. The van der Waals surface area contributed by atoms with Crippen molar-refractivity contribution >= 4 is 23.8 Å². The van der Waals surface area contributed by atoms with Gasteiger partial charge in [0.15, 0.2) is 0 Å². The summed E-state index contributed by atoms with van der Waals surface area (Å²) in [6.07, 6.45) is -0.417. The molecule has 10 heteroatoms. The van der Waals surface area contributed by atoms with Crippen molar-refractivity contribution in [2.45, 2.75) is 19.8 Å². The summed E-state index contributed by atoms with van der Waals surface area (Å²) < 4.78 is 15.0. The average molecular weight is 346 g/mol. The lowest BCUT2D eigenvalue weighted by atomic mass is 9.78. The highest BCUT2D eigenvalue weighted by Crippen LogP contribution is 2.29. The molecule has 0 atom stereocenters. The van der Waals surface area contributed by atoms with Crippen molar-refractivity contribution < 1.29 is 38.5 Å². The van der Waals surface area contributed by atoms with E-state index in [-0.39, 0.29) is 39.5 Å². The third-order valence-electron chi connectivity index (χ3n) is 3.47. The lowest BCUT2D eigenvalue weighted by molar-refractivity contribution is -0.157. The molecule has 4 amide bonds. The van der Waals surface area contributed by atoms with Crippen LogP contribution >= 0.6 is 0 Å². The molecule has 0 bridgehead atoms. The highest BCUT2D eigenvalue weighted by molar-refractivity contribution is 6.20. The molecule has 0 aromatic carbocycles. The molecule has 0 aromatic rings. The van der Waals surface area contributed by atoms with Gasteiger partial charge in [0.25, 0.3) is 0 Å². The van der Waals surface area contributed by atoms with Gasteiger partial charge in [-0.1, -0.05) is 6.92 Å². The molecule has 0 unspecified atom stereocenters. The van der Waals surface area contributed by atoms with E-state index < -0.39 is 35.7 Å². The molecule has 136 valence electrons. The minimum atomic E-state index is -1.65. The van der Waals surface area contributed by atoms with E-state index in [9.17, 15) is 19.2 Å². The van der Waals surface area contributed by atoms with Gasteiger partial charge in [-0.3, -0.25) is 25.0 Å². The highest BCUT2D eigenvalue weighted by atomic mass is 16.6. The van der Waals surface area contributed by atoms with Crippen LogP contribution in [0.25, 0.3) is 0 Å². The fourth-order valence-corrected chi connectivity index (χ4v) is 2.08. The number of ether oxygens (including phenoxy) is 3. The van der Waals surface area contributed by atoms with Crippen LogP contribution in [0.3, 0.4) is 0 Å². The topological polar surface area (TPSA) is 140 Å². The molecule has 0 radical (unpaired) electrons. The lowest BCUT2D eigenvalue weighted by Gasteiger charge is -2.31. The molecule has 1 saturated heterocycles. The Hall–Kier alpha value is -2.04. The van der Waals surface area contributed by atoms with Crippen LogP contribution in [-0.4, -0.2) is 68.6 Å². The normalized spacial score (nSPS) is 16.5. The van der Waals surface area contributed by atoms with Crippen molar-refractivity contribution in [3.05, 3.63) is 0 Å². The van der Waals surface area contributed by atoms with Crippen LogP contribution in [0.2, 0.25) is 0 Å². The number of urea groups is 1. The van der Waals surface area contributed by atoms with Crippen molar-refractivity contribution in [1.29, 1.82) is 0 Å². The van der Waals surface area contributed by atoms with Crippen molar-refractivity contribution in [2.24, 2.45) is 5.41 Å². The quantitative estimate of drug-likeness (QED) is 0.238. The fourth-order valence-electron chi connectivity index (χ4n) is 2.08. The van der Waals surface area contributed by atoms with E-state index in [1.165, 1.54) is 0 Å². The zero-order valence-corrected chi connectivity index (χ0v) is 13.5. The first-order chi connectivity index (χ1) is 11.5. The number of hydrogen-bond acceptors (Lipinski definition) is 8. The molecular weight excluding hydrogens is 324 g/mol. The molecule has 24 heavy (non-hydrogen) atoms. The molecule has 1 aliphatic rings. The van der Waals surface area contributed by atoms with Gasteiger partial charge < -0.3 is 19.3 Å². The summed E-state index contributed by atoms with van der Waals surface area (Å²) in [4.78, 5) is 46.8. The Morgan fingerprint density at radius 3 is 2.08 bits per heavy atom. The largest absolute Gasteiger partial charge is 0.463 e. The SMILES string of the molecule is CCC1(CC(=O)OCCOCCOCCO)C(=O)NC(=O)NC1=O. The first-order valence-electron chi connectivity index (χ1n) is 7.55. The molecule has 1 heterocycles. The summed E-state index contributed by atoms with van der Waals surface area (Å²) in [5, 5.41) is 12.5. The number of amides is 4. The third kappa shape index (κ3) is 5.55. The number of esters is 1. The van der Waals surface area contributed by atoms with Gasteiger partial charge in [0.1, 0.15) is 12.0 Å². The van der Waals surface area contributed by atoms with Gasteiger partial charge in [-0.2, -0.15) is 0 Å². The molecule has 0 aliphatic carbocycles. The van der Waals surface area contributed by atoms with Crippen molar-refractivity contribution in [3.63, 3.8) is 0 Å². The van der Waals surface area contributed by atoms with Gasteiger partial charge in [0.2, 0.25) is 11.8 Å². The Labute approximate surface area is 138 Å². The van der Waals surface area contributed by atoms with Gasteiger partial charge >= 0.3 is 12.0 Å². The van der Waals surface area contributed by atoms with E-state index in [2.05, 4.69) is 0 Å². The molecule has 1 fully saturated rings. The summed E-state index contributed by atoms with van der Waals surface area (Å²) in [6, 6.07) is -0.903. The second-order valence-corrected chi connectivity index (χ2v) is 5.02. The van der Waals surface area contributed by atoms with Crippen LogP contribution in [0, 0.1) is 5.41 Å². The van der Waals surface area contributed by atoms with Crippen LogP contribution in [0.4, 0.5) is 4.79 Å². The molecule has 0 saturated carbocycles. The minimum Gasteiger partial charge on any atom is -0.463 e. The fraction of sp³-hybridized carbons (Fsp3) is 0.714. The summed E-state index contributed by atoms with van der Waals surface area (Å²) in [5.74, 6) is -2.36. The molecule has 3 N–H and O–H groups in total. The van der Waals surface area contributed by atoms with E-state index in [4.69, 9.17) is 19.3 Å². The van der Waals surface area contributed by atoms with Gasteiger partial charge in [-0.05, 0) is 6.42 Å². The number of rotatable bonds is 11. The second-order valence-electron chi connectivity index (χ2n) is 5.02. The second kappa shape index (κ2) is 9.96. The zero-order valence-electron chi connectivity index (χ0n) is 13.5. The first kappa shape index (κ1) is 20.0. The van der Waals surface area contributed by atoms with Gasteiger partial charge in [-0.25, -0.2) is 4.79 Å². The molecular formula is C14H22N2O8. The number of imide groups is 2. The summed E-state index contributed by atoms with van der Waals surface area (Å²) in [7, 11) is 0. The predicted octanol–water partition coefficient (Wildman–Crippen LogP) is -1.29. The lowest BCUT2D eigenvalue weighted by Crippen LogP contribution is -2.62. The van der Waals surface area contributed by atoms with E-state index in [0.29, 0.717) is 6.61 Å². The highest BCUT2D eigenvalue weighted by Gasteiger charge is 2.50. The Bertz CT molecular complexity index is 459. The number of nitrogens with one attached hydrogen (secondary N) is 2. The van der Waals surface area contributed by atoms with E-state index >= 15 is 0 Å². The zero-order chi connectivity index (χ0) is 18.0. The number of aliphatic hydroxyl groups excluding tert-OH is 1. The number of hydrogen-bond donors (Lipinski definition) is 3. The Morgan fingerprint density at radius 2 is 1.54 bits per heavy atom. The van der Waals surface area contributed by atoms with E-state index in [0.717, 1.165) is 0 Å². The van der Waals surface area contributed by atoms with Crippen LogP contribution in [0.15, 0.2) is 0 Å². The monoisotopic (exact) mass is 346 g/mol. The standard InChI is InChI=1S/C14H22N2O8/c1-2-14(11(19)15-13(21)16-12(14)20)9-10(18)24-8-7-23-6-5-22-4-3-17/h17H,2-9H2,1H3,(H2,15,16,19,20,21). The maximum atomic E-state index is 11.9.